The van der Waals surface area contributed by atoms with Gasteiger partial charge in [0.2, 0.25) is 0 Å². The Kier molecular flexibility index (Phi) is 8.81. The third-order valence-corrected chi connectivity index (χ3v) is 14.1. The molecule has 0 aromatic rings. The number of fused-ring (bicyclic) bond motifs is 5. The van der Waals surface area contributed by atoms with Crippen molar-refractivity contribution in [3.63, 3.8) is 0 Å². The van der Waals surface area contributed by atoms with Crippen molar-refractivity contribution < 1.29 is 23.5 Å². The zero-order valence-corrected chi connectivity index (χ0v) is 27.6. The molecule has 6 aliphatic rings. The first kappa shape index (κ1) is 30.9. The Morgan fingerprint density at radius 3 is 2.29 bits per heavy atom. The number of carbonyl (C=O) groups excluding carboxylic acids is 2. The minimum Gasteiger partial charge on any atom is -0.461 e. The lowest BCUT2D eigenvalue weighted by Crippen LogP contribution is -2.61. The van der Waals surface area contributed by atoms with Crippen molar-refractivity contribution in [1.82, 2.24) is 4.90 Å². The predicted molar refractivity (Wildman–Crippen MR) is 166 cm³/mol. The molecular weight excluding hydrogens is 524 g/mol. The summed E-state index contributed by atoms with van der Waals surface area (Å²) in [7, 11) is 2.49. The van der Waals surface area contributed by atoms with Gasteiger partial charge in [-0.05, 0) is 119 Å². The average molecular weight is 586 g/mol. The Balaban J connectivity index is 1.29. The Hall–Kier alpha value is -1.14. The molecule has 0 spiro atoms. The van der Waals surface area contributed by atoms with Crippen LogP contribution in [-0.4, -0.2) is 78.8 Å². The molecule has 6 rings (SSSR count). The number of esters is 2. The molecule has 4 aliphatic carbocycles. The minimum absolute atomic E-state index is 0.0314. The van der Waals surface area contributed by atoms with Crippen LogP contribution >= 0.6 is 0 Å². The van der Waals surface area contributed by atoms with Crippen LogP contribution in [0.1, 0.15) is 124 Å². The zero-order valence-electron chi connectivity index (χ0n) is 27.6. The van der Waals surface area contributed by atoms with Gasteiger partial charge in [-0.25, -0.2) is 0 Å². The third-order valence-electron chi connectivity index (χ3n) is 14.1. The SMILES string of the molecule is CCCC(=O)O[C@H]1[C@@H]([N+]2(C)CCCCC2)C[C@H]2[C@@H]3CC[C@H]4C[C@H](OC(C)=O)[C@@H](N5CCCCC5)C[C@]4(C)[C@H]3CC[C@@]21C. The molecule has 2 heterocycles. The lowest BCUT2D eigenvalue weighted by Gasteiger charge is -2.62. The van der Waals surface area contributed by atoms with Crippen molar-refractivity contribution in [3.8, 4) is 0 Å². The van der Waals surface area contributed by atoms with Gasteiger partial charge in [0.1, 0.15) is 12.1 Å². The Bertz CT molecular complexity index is 989. The summed E-state index contributed by atoms with van der Waals surface area (Å²) >= 11 is 0. The topological polar surface area (TPSA) is 55.8 Å². The summed E-state index contributed by atoms with van der Waals surface area (Å²) in [5.41, 5.74) is 0.372. The molecule has 2 saturated heterocycles. The molecule has 42 heavy (non-hydrogen) atoms. The van der Waals surface area contributed by atoms with Crippen LogP contribution in [-0.2, 0) is 19.1 Å². The number of hydrogen-bond acceptors (Lipinski definition) is 5. The molecule has 0 bridgehead atoms. The molecule has 0 aromatic carbocycles. The van der Waals surface area contributed by atoms with Crippen molar-refractivity contribution in [2.24, 2.45) is 34.5 Å². The third kappa shape index (κ3) is 5.37. The molecule has 10 atom stereocenters. The van der Waals surface area contributed by atoms with E-state index >= 15 is 0 Å². The molecule has 0 radical (unpaired) electrons. The minimum atomic E-state index is -0.109. The summed E-state index contributed by atoms with van der Waals surface area (Å²) in [5, 5.41) is 0. The van der Waals surface area contributed by atoms with Crippen molar-refractivity contribution in [1.29, 1.82) is 0 Å². The second kappa shape index (κ2) is 12.0. The van der Waals surface area contributed by atoms with Gasteiger partial charge in [0.05, 0.1) is 20.1 Å². The summed E-state index contributed by atoms with van der Waals surface area (Å²) < 4.78 is 13.8. The summed E-state index contributed by atoms with van der Waals surface area (Å²) in [6.07, 6.45) is 17.7. The summed E-state index contributed by atoms with van der Waals surface area (Å²) in [4.78, 5) is 28.0. The van der Waals surface area contributed by atoms with E-state index in [1.807, 2.05) is 0 Å². The maximum Gasteiger partial charge on any atom is 0.306 e. The average Bonchev–Trinajstić information content (AvgIpc) is 3.26. The fourth-order valence-electron chi connectivity index (χ4n) is 11.9. The number of rotatable bonds is 6. The summed E-state index contributed by atoms with van der Waals surface area (Å²) in [6, 6.07) is 0.797. The molecule has 6 heteroatoms. The number of carbonyl (C=O) groups is 2. The maximum atomic E-state index is 13.1. The zero-order chi connectivity index (χ0) is 29.7. The van der Waals surface area contributed by atoms with Gasteiger partial charge < -0.3 is 14.0 Å². The standard InChI is InChI=1S/C36H61N2O4/c1-6-13-33(40)42-34-31(38(5)20-11-8-12-21-38)23-29-27-15-14-26-22-32(41-25(2)39)30(37-18-9-7-10-19-37)24-36(26,4)28(27)16-17-35(29,34)3/h26-32,34H,6-24H2,1-5H3/q+1/t26-,27+,28-,29-,30-,31-,32-,34-,35-,36-/m0/s1. The van der Waals surface area contributed by atoms with Crippen LogP contribution in [0, 0.1) is 34.5 Å². The molecule has 6 fully saturated rings. The highest BCUT2D eigenvalue weighted by Gasteiger charge is 2.67. The van der Waals surface area contributed by atoms with Crippen LogP contribution in [0.25, 0.3) is 0 Å². The Morgan fingerprint density at radius 2 is 1.60 bits per heavy atom. The summed E-state index contributed by atoms with van der Waals surface area (Å²) in [6.45, 7) is 13.6. The van der Waals surface area contributed by atoms with E-state index in [1.54, 1.807) is 6.92 Å². The van der Waals surface area contributed by atoms with E-state index < -0.39 is 0 Å². The van der Waals surface area contributed by atoms with Gasteiger partial charge in [-0.15, -0.1) is 0 Å². The van der Waals surface area contributed by atoms with Crippen molar-refractivity contribution in [2.75, 3.05) is 33.2 Å². The van der Waals surface area contributed by atoms with Crippen LogP contribution in [0.2, 0.25) is 0 Å². The number of likely N-dealkylation sites (tertiary alicyclic amines) is 2. The van der Waals surface area contributed by atoms with E-state index in [-0.39, 0.29) is 29.6 Å². The van der Waals surface area contributed by atoms with E-state index in [0.29, 0.717) is 41.7 Å². The largest absolute Gasteiger partial charge is 0.461 e. The van der Waals surface area contributed by atoms with Crippen LogP contribution in [0.3, 0.4) is 0 Å². The van der Waals surface area contributed by atoms with E-state index in [4.69, 9.17) is 9.47 Å². The number of nitrogens with zero attached hydrogens (tertiary/aromatic N) is 2. The highest BCUT2D eigenvalue weighted by atomic mass is 16.5. The van der Waals surface area contributed by atoms with E-state index in [1.165, 1.54) is 90.1 Å². The Morgan fingerprint density at radius 1 is 0.881 bits per heavy atom. The van der Waals surface area contributed by atoms with Crippen LogP contribution in [0.15, 0.2) is 0 Å². The maximum absolute atomic E-state index is 13.1. The van der Waals surface area contributed by atoms with Gasteiger partial charge >= 0.3 is 11.9 Å². The number of likely N-dealkylation sites (N-methyl/N-ethyl adjacent to an activating group) is 1. The van der Waals surface area contributed by atoms with Crippen molar-refractivity contribution in [3.05, 3.63) is 0 Å². The van der Waals surface area contributed by atoms with Crippen molar-refractivity contribution in [2.45, 2.75) is 148 Å². The van der Waals surface area contributed by atoms with Gasteiger partial charge in [0, 0.05) is 31.2 Å². The number of hydrogen-bond donors (Lipinski definition) is 0. The fraction of sp³-hybridized carbons (Fsp3) is 0.944. The highest BCUT2D eigenvalue weighted by molar-refractivity contribution is 5.69. The molecule has 4 saturated carbocycles. The van der Waals surface area contributed by atoms with E-state index in [0.717, 1.165) is 36.3 Å². The van der Waals surface area contributed by atoms with Crippen LogP contribution in [0.4, 0.5) is 0 Å². The van der Waals surface area contributed by atoms with Crippen LogP contribution in [0.5, 0.6) is 0 Å². The molecule has 0 aromatic heterocycles. The molecular formula is C36H61N2O4+. The first-order valence-electron chi connectivity index (χ1n) is 18.0. The van der Waals surface area contributed by atoms with Crippen LogP contribution < -0.4 is 0 Å². The second-order valence-corrected chi connectivity index (χ2v) is 16.4. The highest BCUT2D eigenvalue weighted by Crippen LogP contribution is 2.67. The molecule has 0 amide bonds. The lowest BCUT2D eigenvalue weighted by molar-refractivity contribution is -0.940. The normalized spacial score (nSPS) is 45.3. The monoisotopic (exact) mass is 585 g/mol. The van der Waals surface area contributed by atoms with Gasteiger partial charge in [-0.2, -0.15) is 0 Å². The summed E-state index contributed by atoms with van der Waals surface area (Å²) in [5.74, 6) is 2.63. The Labute approximate surface area is 256 Å². The first-order valence-corrected chi connectivity index (χ1v) is 18.0. The van der Waals surface area contributed by atoms with Gasteiger partial charge in [0.25, 0.3) is 0 Å². The molecule has 0 N–H and O–H groups in total. The van der Waals surface area contributed by atoms with Gasteiger partial charge in [0.15, 0.2) is 6.10 Å². The van der Waals surface area contributed by atoms with E-state index in [9.17, 15) is 9.59 Å². The van der Waals surface area contributed by atoms with Crippen molar-refractivity contribution >= 4 is 11.9 Å². The molecule has 6 nitrogen and oxygen atoms in total. The fourth-order valence-corrected chi connectivity index (χ4v) is 11.9. The second-order valence-electron chi connectivity index (χ2n) is 16.4. The number of piperidine rings is 2. The number of quaternary nitrogens is 1. The molecule has 0 unspecified atom stereocenters. The predicted octanol–water partition coefficient (Wildman–Crippen LogP) is 6.75. The lowest BCUT2D eigenvalue weighted by atomic mass is 9.44. The molecule has 2 aliphatic heterocycles. The van der Waals surface area contributed by atoms with E-state index in [2.05, 4.69) is 32.7 Å². The quantitative estimate of drug-likeness (QED) is 0.255. The van der Waals surface area contributed by atoms with Gasteiger partial charge in [-0.3, -0.25) is 14.5 Å². The number of ether oxygens (including phenoxy) is 2. The molecule has 238 valence electrons. The smallest absolute Gasteiger partial charge is 0.306 e. The van der Waals surface area contributed by atoms with Gasteiger partial charge in [-0.1, -0.05) is 27.2 Å². The first-order chi connectivity index (χ1) is 20.1.